The molecule has 0 aliphatic rings. The number of hydrogen-bond acceptors (Lipinski definition) is 2. The Morgan fingerprint density at radius 3 is 1.91 bits per heavy atom. The van der Waals surface area contributed by atoms with Gasteiger partial charge < -0.3 is 9.13 Å². The number of aromatic nitrogens is 5. The van der Waals surface area contributed by atoms with Crippen molar-refractivity contribution in [1.82, 2.24) is 23.7 Å². The third-order valence-corrected chi connectivity index (χ3v) is 9.50. The normalized spacial score (nSPS) is 12.0. The van der Waals surface area contributed by atoms with Crippen molar-refractivity contribution in [2.75, 3.05) is 0 Å². The van der Waals surface area contributed by atoms with Gasteiger partial charge in [-0.1, -0.05) is 91.0 Å². The Morgan fingerprint density at radius 2 is 1.13 bits per heavy atom. The SMILES string of the molecule is Cn1c(-c2ccc3c4ccccc4n(-c4cc5c(c6ccccc46)c4ccccc4n5-c4ccccn4)c3c2)nc2ccccc21. The van der Waals surface area contributed by atoms with Crippen LogP contribution in [0.4, 0.5) is 0 Å². The molecule has 0 saturated carbocycles. The smallest absolute Gasteiger partial charge is 0.140 e. The van der Waals surface area contributed by atoms with Crippen molar-refractivity contribution in [3.63, 3.8) is 0 Å². The molecule has 0 bridgehead atoms. The maximum absolute atomic E-state index is 5.05. The maximum atomic E-state index is 5.05. The summed E-state index contributed by atoms with van der Waals surface area (Å²) in [6, 6.07) is 49.8. The van der Waals surface area contributed by atoms with Crippen LogP contribution in [0.5, 0.6) is 0 Å². The van der Waals surface area contributed by atoms with E-state index in [1.807, 2.05) is 18.3 Å². The van der Waals surface area contributed by atoms with Gasteiger partial charge in [0, 0.05) is 45.7 Å². The molecule has 0 N–H and O–H groups in total. The predicted octanol–water partition coefficient (Wildman–Crippen LogP) is 9.98. The van der Waals surface area contributed by atoms with Gasteiger partial charge in [-0.2, -0.15) is 0 Å². The summed E-state index contributed by atoms with van der Waals surface area (Å²) in [5.74, 6) is 1.86. The van der Waals surface area contributed by atoms with Crippen LogP contribution < -0.4 is 0 Å². The van der Waals surface area contributed by atoms with Crippen molar-refractivity contribution < 1.29 is 0 Å². The topological polar surface area (TPSA) is 40.6 Å². The maximum Gasteiger partial charge on any atom is 0.140 e. The number of para-hydroxylation sites is 4. The molecule has 46 heavy (non-hydrogen) atoms. The van der Waals surface area contributed by atoms with Gasteiger partial charge in [0.15, 0.2) is 0 Å². The van der Waals surface area contributed by atoms with Gasteiger partial charge in [-0.15, -0.1) is 0 Å². The van der Waals surface area contributed by atoms with E-state index in [1.165, 1.54) is 37.8 Å². The molecular weight excluding hydrogens is 562 g/mol. The van der Waals surface area contributed by atoms with Gasteiger partial charge in [0.2, 0.25) is 0 Å². The zero-order valence-electron chi connectivity index (χ0n) is 25.1. The highest BCUT2D eigenvalue weighted by Crippen LogP contribution is 2.42. The van der Waals surface area contributed by atoms with E-state index in [2.05, 4.69) is 148 Å². The van der Waals surface area contributed by atoms with Crippen LogP contribution in [0.3, 0.4) is 0 Å². The zero-order chi connectivity index (χ0) is 30.4. The minimum absolute atomic E-state index is 0.904. The number of rotatable bonds is 3. The molecule has 5 heteroatoms. The minimum Gasteiger partial charge on any atom is -0.327 e. The second-order valence-corrected chi connectivity index (χ2v) is 11.9. The third-order valence-electron chi connectivity index (χ3n) is 9.50. The highest BCUT2D eigenvalue weighted by atomic mass is 15.1. The molecule has 0 radical (unpaired) electrons. The molecule has 0 saturated heterocycles. The molecule has 0 spiro atoms. The van der Waals surface area contributed by atoms with Crippen molar-refractivity contribution >= 4 is 65.4 Å². The monoisotopic (exact) mass is 589 g/mol. The Morgan fingerprint density at radius 1 is 0.478 bits per heavy atom. The van der Waals surface area contributed by atoms with E-state index in [0.717, 1.165) is 50.5 Å². The number of fused-ring (bicyclic) bond motifs is 9. The first-order valence-corrected chi connectivity index (χ1v) is 15.6. The largest absolute Gasteiger partial charge is 0.327 e. The summed E-state index contributed by atoms with van der Waals surface area (Å²) in [7, 11) is 2.10. The van der Waals surface area contributed by atoms with E-state index in [1.54, 1.807) is 0 Å². The number of benzene rings is 6. The van der Waals surface area contributed by atoms with Crippen LogP contribution >= 0.6 is 0 Å². The summed E-state index contributed by atoms with van der Waals surface area (Å²) in [5, 5.41) is 7.32. The van der Waals surface area contributed by atoms with Crippen LogP contribution in [0.2, 0.25) is 0 Å². The fourth-order valence-corrected chi connectivity index (χ4v) is 7.50. The fraction of sp³-hybridized carbons (Fsp3) is 0.0244. The average molecular weight is 590 g/mol. The van der Waals surface area contributed by atoms with Gasteiger partial charge in [-0.05, 0) is 53.9 Å². The van der Waals surface area contributed by atoms with Crippen molar-refractivity contribution in [3.8, 4) is 22.9 Å². The number of hydrogen-bond donors (Lipinski definition) is 0. The molecule has 0 atom stereocenters. The summed E-state index contributed by atoms with van der Waals surface area (Å²) in [4.78, 5) is 9.86. The fourth-order valence-electron chi connectivity index (χ4n) is 7.50. The molecule has 0 unspecified atom stereocenters. The van der Waals surface area contributed by atoms with Gasteiger partial charge in [-0.25, -0.2) is 9.97 Å². The van der Waals surface area contributed by atoms with E-state index < -0.39 is 0 Å². The standard InChI is InChI=1S/C41H27N5/c1-44-35-19-9-6-16-32(35)43-41(44)26-21-22-29-27-12-4-7-17-33(27)45(36(29)24-26)37-25-38-40(30-14-3-2-13-28(30)37)31-15-5-8-18-34(31)46(38)39-20-10-11-23-42-39/h2-25H,1H3. The summed E-state index contributed by atoms with van der Waals surface area (Å²) in [6.07, 6.45) is 1.87. The lowest BCUT2D eigenvalue weighted by atomic mass is 10.0. The van der Waals surface area contributed by atoms with E-state index in [0.29, 0.717) is 0 Å². The highest BCUT2D eigenvalue weighted by molar-refractivity contribution is 6.24. The summed E-state index contributed by atoms with van der Waals surface area (Å²) < 4.78 is 6.94. The lowest BCUT2D eigenvalue weighted by molar-refractivity contribution is 0.959. The number of imidazole rings is 1. The molecule has 0 amide bonds. The Balaban J connectivity index is 1.36. The predicted molar refractivity (Wildman–Crippen MR) is 190 cm³/mol. The van der Waals surface area contributed by atoms with Gasteiger partial charge in [0.1, 0.15) is 11.6 Å². The zero-order valence-corrected chi connectivity index (χ0v) is 25.1. The molecule has 0 fully saturated rings. The van der Waals surface area contributed by atoms with Crippen LogP contribution in [0, 0.1) is 0 Å². The molecule has 0 aliphatic heterocycles. The molecule has 0 aliphatic carbocycles. The molecule has 4 heterocycles. The second-order valence-electron chi connectivity index (χ2n) is 11.9. The molecule has 10 rings (SSSR count). The molecule has 216 valence electrons. The van der Waals surface area contributed by atoms with E-state index in [4.69, 9.17) is 9.97 Å². The Kier molecular flexibility index (Phi) is 5.14. The molecular formula is C41H27N5. The lowest BCUT2D eigenvalue weighted by Crippen LogP contribution is -2.00. The van der Waals surface area contributed by atoms with Gasteiger partial charge in [-0.3, -0.25) is 4.57 Å². The Hall–Kier alpha value is -6.20. The van der Waals surface area contributed by atoms with Crippen LogP contribution in [0.25, 0.3) is 88.3 Å². The van der Waals surface area contributed by atoms with Crippen LogP contribution in [0.15, 0.2) is 146 Å². The number of nitrogens with zero attached hydrogens (tertiary/aromatic N) is 5. The number of pyridine rings is 1. The van der Waals surface area contributed by atoms with Gasteiger partial charge in [0.25, 0.3) is 0 Å². The average Bonchev–Trinajstić information content (AvgIpc) is 3.75. The number of aryl methyl sites for hydroxylation is 1. The minimum atomic E-state index is 0.904. The van der Waals surface area contributed by atoms with Crippen LogP contribution in [-0.2, 0) is 7.05 Å². The molecule has 4 aromatic heterocycles. The Labute approximate surface area is 264 Å². The van der Waals surface area contributed by atoms with Crippen molar-refractivity contribution in [2.24, 2.45) is 7.05 Å². The van der Waals surface area contributed by atoms with Crippen LogP contribution in [-0.4, -0.2) is 23.7 Å². The lowest BCUT2D eigenvalue weighted by Gasteiger charge is -2.15. The molecule has 10 aromatic rings. The van der Waals surface area contributed by atoms with Crippen molar-refractivity contribution in [1.29, 1.82) is 0 Å². The molecule has 5 nitrogen and oxygen atoms in total. The van der Waals surface area contributed by atoms with Crippen molar-refractivity contribution in [3.05, 3.63) is 146 Å². The van der Waals surface area contributed by atoms with Crippen molar-refractivity contribution in [2.45, 2.75) is 0 Å². The van der Waals surface area contributed by atoms with Gasteiger partial charge in [0.05, 0.1) is 38.8 Å². The first-order chi connectivity index (χ1) is 22.8. The van der Waals surface area contributed by atoms with E-state index in [-0.39, 0.29) is 0 Å². The highest BCUT2D eigenvalue weighted by Gasteiger charge is 2.21. The summed E-state index contributed by atoms with van der Waals surface area (Å²) >= 11 is 0. The quantitative estimate of drug-likeness (QED) is 0.206. The third kappa shape index (κ3) is 3.39. The van der Waals surface area contributed by atoms with E-state index >= 15 is 0 Å². The van der Waals surface area contributed by atoms with Gasteiger partial charge >= 0.3 is 0 Å². The van der Waals surface area contributed by atoms with Crippen LogP contribution in [0.1, 0.15) is 0 Å². The second kappa shape index (κ2) is 9.40. The van der Waals surface area contributed by atoms with E-state index in [9.17, 15) is 0 Å². The summed E-state index contributed by atoms with van der Waals surface area (Å²) in [5.41, 5.74) is 8.94. The first kappa shape index (κ1) is 25.2. The Bertz CT molecular complexity index is 2820. The first-order valence-electron chi connectivity index (χ1n) is 15.6. The summed E-state index contributed by atoms with van der Waals surface area (Å²) in [6.45, 7) is 0. The molecule has 6 aromatic carbocycles.